The van der Waals surface area contributed by atoms with Gasteiger partial charge >= 0.3 is 0 Å². The predicted molar refractivity (Wildman–Crippen MR) is 176 cm³/mol. The largest absolute Gasteiger partial charge is 0.354 e. The molecule has 1 N–H and O–H groups in total. The second-order valence-corrected chi connectivity index (χ2v) is 13.1. The van der Waals surface area contributed by atoms with Gasteiger partial charge in [0.2, 0.25) is 11.8 Å². The van der Waals surface area contributed by atoms with Crippen LogP contribution in [-0.4, -0.2) is 44.3 Å². The van der Waals surface area contributed by atoms with Gasteiger partial charge in [0.15, 0.2) is 0 Å². The SMILES string of the molecule is CCCNC(=O)[C@H](Cc1ccccc1)N(Cc1ccccc1)C(=O)CN(c1cc(Cl)ccc1C)S(=O)(=O)c1ccc(C)cc1. The molecule has 0 saturated carbocycles. The van der Waals surface area contributed by atoms with E-state index in [4.69, 9.17) is 11.6 Å². The van der Waals surface area contributed by atoms with Crippen molar-refractivity contribution in [2.45, 2.75) is 51.1 Å². The zero-order chi connectivity index (χ0) is 31.7. The molecule has 0 heterocycles. The van der Waals surface area contributed by atoms with Crippen molar-refractivity contribution < 1.29 is 18.0 Å². The first-order valence-corrected chi connectivity index (χ1v) is 16.4. The summed E-state index contributed by atoms with van der Waals surface area (Å²) in [7, 11) is -4.20. The van der Waals surface area contributed by atoms with Crippen molar-refractivity contribution in [2.24, 2.45) is 0 Å². The van der Waals surface area contributed by atoms with Crippen molar-refractivity contribution in [3.05, 3.63) is 130 Å². The van der Waals surface area contributed by atoms with E-state index in [0.29, 0.717) is 22.8 Å². The summed E-state index contributed by atoms with van der Waals surface area (Å²) in [5, 5.41) is 3.29. The summed E-state index contributed by atoms with van der Waals surface area (Å²) in [4.78, 5) is 29.7. The number of hydrogen-bond donors (Lipinski definition) is 1. The van der Waals surface area contributed by atoms with Crippen LogP contribution in [0.2, 0.25) is 5.02 Å². The Morgan fingerprint density at radius 3 is 2.07 bits per heavy atom. The molecule has 230 valence electrons. The molecular formula is C35H38ClN3O4S. The van der Waals surface area contributed by atoms with E-state index in [1.165, 1.54) is 17.0 Å². The fourth-order valence-electron chi connectivity index (χ4n) is 4.90. The molecule has 4 aromatic carbocycles. The van der Waals surface area contributed by atoms with Crippen LogP contribution in [0.3, 0.4) is 0 Å². The molecule has 0 aliphatic heterocycles. The molecule has 2 amide bonds. The number of halogens is 1. The molecular weight excluding hydrogens is 594 g/mol. The maximum Gasteiger partial charge on any atom is 0.264 e. The smallest absolute Gasteiger partial charge is 0.264 e. The summed E-state index contributed by atoms with van der Waals surface area (Å²) >= 11 is 6.35. The van der Waals surface area contributed by atoms with Gasteiger partial charge in [0, 0.05) is 24.5 Å². The van der Waals surface area contributed by atoms with Gasteiger partial charge in [0.1, 0.15) is 12.6 Å². The molecule has 0 radical (unpaired) electrons. The van der Waals surface area contributed by atoms with Crippen molar-refractivity contribution >= 4 is 39.1 Å². The molecule has 0 aromatic heterocycles. The standard InChI is InChI=1S/C35H38ClN3O4S/c1-4-21-37-35(41)33(22-28-11-7-5-8-12-28)38(24-29-13-9-6-10-14-29)34(40)25-39(32-23-30(36)18-17-27(32)3)44(42,43)31-19-15-26(2)16-20-31/h5-20,23,33H,4,21-22,24-25H2,1-3H3,(H,37,41)/t33-/m0/s1. The minimum atomic E-state index is -4.20. The molecule has 9 heteroatoms. The van der Waals surface area contributed by atoms with Crippen molar-refractivity contribution in [1.29, 1.82) is 0 Å². The molecule has 0 saturated heterocycles. The van der Waals surface area contributed by atoms with Gasteiger partial charge in [0.05, 0.1) is 10.6 Å². The lowest BCUT2D eigenvalue weighted by Gasteiger charge is -2.34. The number of benzene rings is 4. The highest BCUT2D eigenvalue weighted by Crippen LogP contribution is 2.30. The Bertz CT molecular complexity index is 1660. The van der Waals surface area contributed by atoms with Gasteiger partial charge in [0.25, 0.3) is 10.0 Å². The van der Waals surface area contributed by atoms with Gasteiger partial charge in [-0.05, 0) is 61.2 Å². The van der Waals surface area contributed by atoms with Crippen molar-refractivity contribution in [2.75, 3.05) is 17.4 Å². The quantitative estimate of drug-likeness (QED) is 0.187. The van der Waals surface area contributed by atoms with Crippen LogP contribution in [0.1, 0.15) is 35.6 Å². The lowest BCUT2D eigenvalue weighted by atomic mass is 10.0. The van der Waals surface area contributed by atoms with Crippen LogP contribution in [0.4, 0.5) is 5.69 Å². The van der Waals surface area contributed by atoms with Crippen LogP contribution in [0, 0.1) is 13.8 Å². The lowest BCUT2D eigenvalue weighted by molar-refractivity contribution is -0.140. The zero-order valence-corrected chi connectivity index (χ0v) is 26.8. The molecule has 0 spiro atoms. The van der Waals surface area contributed by atoms with Crippen LogP contribution < -0.4 is 9.62 Å². The van der Waals surface area contributed by atoms with Crippen LogP contribution >= 0.6 is 11.6 Å². The molecule has 4 rings (SSSR count). The third-order valence-corrected chi connectivity index (χ3v) is 9.35. The Morgan fingerprint density at radius 1 is 0.841 bits per heavy atom. The first-order valence-electron chi connectivity index (χ1n) is 14.6. The Labute approximate surface area is 265 Å². The van der Waals surface area contributed by atoms with Gasteiger partial charge in [-0.1, -0.05) is 103 Å². The number of aryl methyl sites for hydroxylation is 2. The highest BCUT2D eigenvalue weighted by atomic mass is 35.5. The van der Waals surface area contributed by atoms with Crippen molar-refractivity contribution in [3.63, 3.8) is 0 Å². The summed E-state index contributed by atoms with van der Waals surface area (Å²) in [5.41, 5.74) is 3.52. The van der Waals surface area contributed by atoms with Crippen LogP contribution in [0.15, 0.2) is 108 Å². The number of carbonyl (C=O) groups is 2. The second-order valence-electron chi connectivity index (χ2n) is 10.8. The number of rotatable bonds is 13. The van der Waals surface area contributed by atoms with E-state index in [9.17, 15) is 18.0 Å². The summed E-state index contributed by atoms with van der Waals surface area (Å²) < 4.78 is 29.5. The molecule has 4 aromatic rings. The van der Waals surface area contributed by atoms with Gasteiger partial charge < -0.3 is 10.2 Å². The third-order valence-electron chi connectivity index (χ3n) is 7.34. The van der Waals surface area contributed by atoms with Crippen LogP contribution in [-0.2, 0) is 32.6 Å². The normalized spacial score (nSPS) is 11.9. The molecule has 0 aliphatic carbocycles. The number of amides is 2. The molecule has 7 nitrogen and oxygen atoms in total. The molecule has 0 fully saturated rings. The summed E-state index contributed by atoms with van der Waals surface area (Å²) in [6.45, 7) is 5.64. The second kappa shape index (κ2) is 15.0. The summed E-state index contributed by atoms with van der Waals surface area (Å²) in [6, 6.07) is 29.4. The van der Waals surface area contributed by atoms with E-state index in [2.05, 4.69) is 5.32 Å². The number of anilines is 1. The minimum Gasteiger partial charge on any atom is -0.354 e. The monoisotopic (exact) mass is 631 g/mol. The van der Waals surface area contributed by atoms with Gasteiger partial charge in [-0.2, -0.15) is 0 Å². The number of hydrogen-bond acceptors (Lipinski definition) is 4. The number of sulfonamides is 1. The average Bonchev–Trinajstić information content (AvgIpc) is 3.02. The third kappa shape index (κ3) is 8.27. The Hall–Kier alpha value is -4.14. The highest BCUT2D eigenvalue weighted by Gasteiger charge is 2.35. The summed E-state index contributed by atoms with van der Waals surface area (Å²) in [5.74, 6) is -0.816. The van der Waals surface area contributed by atoms with E-state index in [1.54, 1.807) is 37.3 Å². The predicted octanol–water partition coefficient (Wildman–Crippen LogP) is 6.32. The van der Waals surface area contributed by atoms with Crippen LogP contribution in [0.5, 0.6) is 0 Å². The van der Waals surface area contributed by atoms with E-state index >= 15 is 0 Å². The first-order chi connectivity index (χ1) is 21.1. The van der Waals surface area contributed by atoms with Crippen molar-refractivity contribution in [3.8, 4) is 0 Å². The Kier molecular flexibility index (Phi) is 11.2. The molecule has 1 atom stereocenters. The first kappa shape index (κ1) is 32.8. The Balaban J connectivity index is 1.81. The minimum absolute atomic E-state index is 0.0476. The Morgan fingerprint density at radius 2 is 1.45 bits per heavy atom. The van der Waals surface area contributed by atoms with E-state index in [-0.39, 0.29) is 23.8 Å². The average molecular weight is 632 g/mol. The number of nitrogens with zero attached hydrogens (tertiary/aromatic N) is 2. The molecule has 0 unspecified atom stereocenters. The zero-order valence-electron chi connectivity index (χ0n) is 25.2. The maximum atomic E-state index is 14.5. The number of nitrogens with one attached hydrogen (secondary N) is 1. The molecule has 44 heavy (non-hydrogen) atoms. The van der Waals surface area contributed by atoms with Gasteiger partial charge in [-0.3, -0.25) is 13.9 Å². The maximum absolute atomic E-state index is 14.5. The highest BCUT2D eigenvalue weighted by molar-refractivity contribution is 7.92. The fraction of sp³-hybridized carbons (Fsp3) is 0.257. The number of carbonyl (C=O) groups excluding carboxylic acids is 2. The molecule has 0 aliphatic rings. The topological polar surface area (TPSA) is 86.8 Å². The summed E-state index contributed by atoms with van der Waals surface area (Å²) in [6.07, 6.45) is 0.989. The molecule has 0 bridgehead atoms. The van der Waals surface area contributed by atoms with Crippen LogP contribution in [0.25, 0.3) is 0 Å². The fourth-order valence-corrected chi connectivity index (χ4v) is 6.54. The van der Waals surface area contributed by atoms with E-state index < -0.39 is 28.5 Å². The van der Waals surface area contributed by atoms with Gasteiger partial charge in [-0.15, -0.1) is 0 Å². The van der Waals surface area contributed by atoms with E-state index in [1.807, 2.05) is 74.5 Å². The van der Waals surface area contributed by atoms with Gasteiger partial charge in [-0.25, -0.2) is 8.42 Å². The van der Waals surface area contributed by atoms with E-state index in [0.717, 1.165) is 27.4 Å². The van der Waals surface area contributed by atoms with Crippen molar-refractivity contribution in [1.82, 2.24) is 10.2 Å². The lowest BCUT2D eigenvalue weighted by Crippen LogP contribution is -2.53.